The van der Waals surface area contributed by atoms with E-state index in [1.807, 2.05) is 0 Å². The second-order valence-electron chi connectivity index (χ2n) is 4.91. The van der Waals surface area contributed by atoms with Crippen LogP contribution in [0.2, 0.25) is 0 Å². The Kier molecular flexibility index (Phi) is 4.39. The number of anilines is 1. The number of benzene rings is 1. The average Bonchev–Trinajstić information content (AvgIpc) is 2.41. The Hall–Kier alpha value is -1.47. The highest BCUT2D eigenvalue weighted by molar-refractivity contribution is 7.90. The van der Waals surface area contributed by atoms with Crippen LogP contribution in [0.15, 0.2) is 23.1 Å². The van der Waals surface area contributed by atoms with E-state index in [1.54, 1.807) is 0 Å². The van der Waals surface area contributed by atoms with Gasteiger partial charge in [0.1, 0.15) is 5.82 Å². The number of carbonyl (C=O) groups excluding carboxylic acids is 1. The molecule has 1 aromatic carbocycles. The maximum absolute atomic E-state index is 13.7. The van der Waals surface area contributed by atoms with Crippen molar-refractivity contribution in [3.63, 3.8) is 0 Å². The van der Waals surface area contributed by atoms with Crippen molar-refractivity contribution in [2.45, 2.75) is 30.2 Å². The predicted molar refractivity (Wildman–Crippen MR) is 73.8 cm³/mol. The summed E-state index contributed by atoms with van der Waals surface area (Å²) in [6.45, 7) is 0.754. The average molecular weight is 300 g/mol. The number of nitrogens with one attached hydrogen (secondary N) is 2. The molecule has 7 heteroatoms. The van der Waals surface area contributed by atoms with E-state index in [-0.39, 0.29) is 22.5 Å². The molecule has 110 valence electrons. The summed E-state index contributed by atoms with van der Waals surface area (Å²) < 4.78 is 36.5. The molecule has 0 aromatic heterocycles. The van der Waals surface area contributed by atoms with Crippen LogP contribution in [-0.4, -0.2) is 33.2 Å². The molecule has 2 rings (SSSR count). The molecule has 1 unspecified atom stereocenters. The van der Waals surface area contributed by atoms with Crippen LogP contribution >= 0.6 is 0 Å². The maximum Gasteiger partial charge on any atom is 0.241 e. The largest absolute Gasteiger partial charge is 0.322 e. The monoisotopic (exact) mass is 300 g/mol. The third-order valence-corrected chi connectivity index (χ3v) is 4.36. The minimum Gasteiger partial charge on any atom is -0.322 e. The SMILES string of the molecule is CS(=O)(=O)c1ccc(F)c(NC(=O)C2CCCCN2)c1. The van der Waals surface area contributed by atoms with Gasteiger partial charge < -0.3 is 10.6 Å². The minimum atomic E-state index is -3.44. The van der Waals surface area contributed by atoms with Crippen LogP contribution in [-0.2, 0) is 14.6 Å². The van der Waals surface area contributed by atoms with Gasteiger partial charge in [0.2, 0.25) is 5.91 Å². The number of rotatable bonds is 3. The first-order chi connectivity index (χ1) is 9.38. The summed E-state index contributed by atoms with van der Waals surface area (Å²) >= 11 is 0. The summed E-state index contributed by atoms with van der Waals surface area (Å²) in [4.78, 5) is 12.0. The lowest BCUT2D eigenvalue weighted by Gasteiger charge is -2.22. The number of hydrogen-bond acceptors (Lipinski definition) is 4. The number of hydrogen-bond donors (Lipinski definition) is 2. The fourth-order valence-corrected chi connectivity index (χ4v) is 2.77. The molecule has 1 fully saturated rings. The van der Waals surface area contributed by atoms with Crippen LogP contribution in [0, 0.1) is 5.82 Å². The van der Waals surface area contributed by atoms with E-state index in [9.17, 15) is 17.6 Å². The second-order valence-corrected chi connectivity index (χ2v) is 6.92. The molecule has 0 aliphatic carbocycles. The van der Waals surface area contributed by atoms with Gasteiger partial charge in [0, 0.05) is 6.26 Å². The summed E-state index contributed by atoms with van der Waals surface area (Å²) in [5, 5.41) is 5.50. The highest BCUT2D eigenvalue weighted by atomic mass is 32.2. The first kappa shape index (κ1) is 14.9. The molecular weight excluding hydrogens is 283 g/mol. The summed E-state index contributed by atoms with van der Waals surface area (Å²) in [6, 6.07) is 3.01. The Balaban J connectivity index is 2.18. The molecule has 1 saturated heterocycles. The second kappa shape index (κ2) is 5.88. The number of carbonyl (C=O) groups is 1. The lowest BCUT2D eigenvalue weighted by atomic mass is 10.0. The molecule has 2 N–H and O–H groups in total. The number of amides is 1. The van der Waals surface area contributed by atoms with E-state index in [1.165, 1.54) is 6.07 Å². The Morgan fingerprint density at radius 3 is 2.75 bits per heavy atom. The molecule has 5 nitrogen and oxygen atoms in total. The molecule has 1 heterocycles. The molecule has 1 aliphatic rings. The molecule has 0 bridgehead atoms. The number of sulfone groups is 1. The molecule has 1 amide bonds. The zero-order valence-electron chi connectivity index (χ0n) is 11.1. The van der Waals surface area contributed by atoms with Gasteiger partial charge in [-0.25, -0.2) is 12.8 Å². The summed E-state index contributed by atoms with van der Waals surface area (Å²) in [6.07, 6.45) is 3.69. The van der Waals surface area contributed by atoms with Gasteiger partial charge in [-0.05, 0) is 37.6 Å². The fourth-order valence-electron chi connectivity index (χ4n) is 2.13. The fraction of sp³-hybridized carbons (Fsp3) is 0.462. The Bertz CT molecular complexity index is 610. The van der Waals surface area contributed by atoms with Crippen LogP contribution in [0.1, 0.15) is 19.3 Å². The number of piperidine rings is 1. The topological polar surface area (TPSA) is 75.3 Å². The van der Waals surface area contributed by atoms with Gasteiger partial charge in [-0.15, -0.1) is 0 Å². The van der Waals surface area contributed by atoms with Crippen LogP contribution < -0.4 is 10.6 Å². The van der Waals surface area contributed by atoms with Crippen molar-refractivity contribution in [2.24, 2.45) is 0 Å². The highest BCUT2D eigenvalue weighted by Gasteiger charge is 2.22. The van der Waals surface area contributed by atoms with E-state index < -0.39 is 15.7 Å². The first-order valence-electron chi connectivity index (χ1n) is 6.42. The molecule has 1 aliphatic heterocycles. The summed E-state index contributed by atoms with van der Waals surface area (Å²) in [5.74, 6) is -0.990. The van der Waals surface area contributed by atoms with Crippen molar-refractivity contribution >= 4 is 21.4 Å². The lowest BCUT2D eigenvalue weighted by Crippen LogP contribution is -2.43. The zero-order chi connectivity index (χ0) is 14.8. The zero-order valence-corrected chi connectivity index (χ0v) is 12.0. The Morgan fingerprint density at radius 1 is 1.40 bits per heavy atom. The third kappa shape index (κ3) is 3.55. The van der Waals surface area contributed by atoms with E-state index >= 15 is 0 Å². The molecular formula is C13H17FN2O3S. The molecule has 20 heavy (non-hydrogen) atoms. The minimum absolute atomic E-state index is 0.0224. The summed E-state index contributed by atoms with van der Waals surface area (Å²) in [7, 11) is -3.44. The molecule has 1 atom stereocenters. The van der Waals surface area contributed by atoms with Crippen LogP contribution in [0.4, 0.5) is 10.1 Å². The number of halogens is 1. The third-order valence-electron chi connectivity index (χ3n) is 3.25. The molecule has 0 radical (unpaired) electrons. The molecule has 1 aromatic rings. The van der Waals surface area contributed by atoms with E-state index in [2.05, 4.69) is 10.6 Å². The van der Waals surface area contributed by atoms with Gasteiger partial charge in [-0.1, -0.05) is 6.42 Å². The predicted octanol–water partition coefficient (Wildman–Crippen LogP) is 1.31. The van der Waals surface area contributed by atoms with Crippen LogP contribution in [0.5, 0.6) is 0 Å². The molecule has 0 spiro atoms. The smallest absolute Gasteiger partial charge is 0.241 e. The maximum atomic E-state index is 13.7. The van der Waals surface area contributed by atoms with Gasteiger partial charge >= 0.3 is 0 Å². The van der Waals surface area contributed by atoms with Crippen LogP contribution in [0.3, 0.4) is 0 Å². The normalized spacial score (nSPS) is 19.6. The van der Waals surface area contributed by atoms with Crippen molar-refractivity contribution in [1.82, 2.24) is 5.32 Å². The van der Waals surface area contributed by atoms with Crippen molar-refractivity contribution in [3.05, 3.63) is 24.0 Å². The van der Waals surface area contributed by atoms with Gasteiger partial charge in [0.25, 0.3) is 0 Å². The standard InChI is InChI=1S/C13H17FN2O3S/c1-20(18,19)9-5-6-10(14)12(8-9)16-13(17)11-4-2-3-7-15-11/h5-6,8,11,15H,2-4,7H2,1H3,(H,16,17). The van der Waals surface area contributed by atoms with E-state index in [0.29, 0.717) is 6.42 Å². The van der Waals surface area contributed by atoms with Gasteiger partial charge in [0.15, 0.2) is 9.84 Å². The van der Waals surface area contributed by atoms with Crippen molar-refractivity contribution in [2.75, 3.05) is 18.1 Å². The van der Waals surface area contributed by atoms with Gasteiger partial charge in [0.05, 0.1) is 16.6 Å². The molecule has 0 saturated carbocycles. The van der Waals surface area contributed by atoms with Gasteiger partial charge in [-0.2, -0.15) is 0 Å². The van der Waals surface area contributed by atoms with Gasteiger partial charge in [-0.3, -0.25) is 4.79 Å². The Labute approximate surface area is 117 Å². The highest BCUT2D eigenvalue weighted by Crippen LogP contribution is 2.20. The van der Waals surface area contributed by atoms with E-state index in [4.69, 9.17) is 0 Å². The van der Waals surface area contributed by atoms with Crippen LogP contribution in [0.25, 0.3) is 0 Å². The van der Waals surface area contributed by atoms with Crippen molar-refractivity contribution < 1.29 is 17.6 Å². The van der Waals surface area contributed by atoms with E-state index in [0.717, 1.165) is 37.8 Å². The van der Waals surface area contributed by atoms with Crippen molar-refractivity contribution in [3.8, 4) is 0 Å². The Morgan fingerprint density at radius 2 is 2.15 bits per heavy atom. The first-order valence-corrected chi connectivity index (χ1v) is 8.31. The lowest BCUT2D eigenvalue weighted by molar-refractivity contribution is -0.118. The summed E-state index contributed by atoms with van der Waals surface area (Å²) in [5.41, 5.74) is -0.106. The van der Waals surface area contributed by atoms with Crippen molar-refractivity contribution in [1.29, 1.82) is 0 Å². The quantitative estimate of drug-likeness (QED) is 0.825.